The molecular formula is C64H40N2S2. The van der Waals surface area contributed by atoms with E-state index in [0.717, 1.165) is 24.2 Å². The number of hydrogen-bond acceptors (Lipinski definition) is 4. The van der Waals surface area contributed by atoms with Crippen molar-refractivity contribution in [2.45, 2.75) is 12.8 Å². The van der Waals surface area contributed by atoms with Crippen molar-refractivity contribution in [3.05, 3.63) is 241 Å². The van der Waals surface area contributed by atoms with Crippen LogP contribution >= 0.6 is 22.7 Å². The third-order valence-electron chi connectivity index (χ3n) is 14.6. The normalized spacial score (nSPS) is 13.1. The quantitative estimate of drug-likeness (QED) is 0.162. The minimum absolute atomic E-state index is 0.916. The van der Waals surface area contributed by atoms with Crippen LogP contribution in [0.1, 0.15) is 22.3 Å². The van der Waals surface area contributed by atoms with Gasteiger partial charge in [0.2, 0.25) is 0 Å². The highest BCUT2D eigenvalue weighted by Gasteiger charge is 2.28. The lowest BCUT2D eigenvalue weighted by molar-refractivity contribution is 1.09. The number of nitrogens with zero attached hydrogens (tertiary/aromatic N) is 2. The standard InChI is InChI=1S/C64H40N2S2/c1-7-19-55-39(13-1)33-40-14-2-8-20-56(40)65(55)45-27-29-49-53(37-45)63(43-25-31-61-51(35-43)47-17-5-11-23-59(47)67-61)50-30-28-46(66-57-21-9-3-15-41(57)34-42-16-4-10-22-58(42)66)38-54(50)64(49)44-26-32-62-52(36-44)48-18-6-12-24-60(48)68-62/h1-32,35-38H,33-34H2. The molecule has 0 bridgehead atoms. The van der Waals surface area contributed by atoms with Gasteiger partial charge >= 0.3 is 0 Å². The van der Waals surface area contributed by atoms with E-state index in [2.05, 4.69) is 228 Å². The lowest BCUT2D eigenvalue weighted by Gasteiger charge is -2.34. The molecule has 4 heteroatoms. The molecule has 2 aromatic heterocycles. The Balaban J connectivity index is 1.08. The van der Waals surface area contributed by atoms with E-state index in [1.54, 1.807) is 0 Å². The topological polar surface area (TPSA) is 6.48 Å². The summed E-state index contributed by atoms with van der Waals surface area (Å²) in [7, 11) is 0. The van der Waals surface area contributed by atoms with Crippen molar-refractivity contribution < 1.29 is 0 Å². The van der Waals surface area contributed by atoms with Gasteiger partial charge in [-0.15, -0.1) is 22.7 Å². The number of thiophene rings is 2. The van der Waals surface area contributed by atoms with Crippen molar-refractivity contribution in [3.63, 3.8) is 0 Å². The molecule has 318 valence electrons. The van der Waals surface area contributed by atoms with Gasteiger partial charge in [-0.3, -0.25) is 0 Å². The molecule has 0 atom stereocenters. The predicted octanol–water partition coefficient (Wildman–Crippen LogP) is 18.8. The summed E-state index contributed by atoms with van der Waals surface area (Å²) in [6.07, 6.45) is 1.83. The van der Waals surface area contributed by atoms with Gasteiger partial charge in [-0.05, 0) is 151 Å². The van der Waals surface area contributed by atoms with Gasteiger partial charge in [-0.1, -0.05) is 133 Å². The number of para-hydroxylation sites is 4. The maximum atomic E-state index is 2.49. The molecular weight excluding hydrogens is 861 g/mol. The summed E-state index contributed by atoms with van der Waals surface area (Å²) < 4.78 is 5.25. The Morgan fingerprint density at radius 1 is 0.265 bits per heavy atom. The lowest BCUT2D eigenvalue weighted by Crippen LogP contribution is -2.18. The molecule has 0 spiro atoms. The molecule has 11 aromatic carbocycles. The van der Waals surface area contributed by atoms with E-state index in [-0.39, 0.29) is 0 Å². The van der Waals surface area contributed by atoms with Crippen molar-refractivity contribution in [3.8, 4) is 22.3 Å². The minimum atomic E-state index is 0.916. The van der Waals surface area contributed by atoms with E-state index < -0.39 is 0 Å². The molecule has 0 amide bonds. The first-order valence-electron chi connectivity index (χ1n) is 23.5. The van der Waals surface area contributed by atoms with Crippen molar-refractivity contribution in [2.75, 3.05) is 9.80 Å². The summed E-state index contributed by atoms with van der Waals surface area (Å²) in [5.74, 6) is 0. The van der Waals surface area contributed by atoms with E-state index in [9.17, 15) is 0 Å². The molecule has 0 saturated heterocycles. The zero-order chi connectivity index (χ0) is 44.5. The van der Waals surface area contributed by atoms with Crippen LogP contribution in [0.5, 0.6) is 0 Å². The summed E-state index contributed by atoms with van der Waals surface area (Å²) in [6, 6.07) is 82.4. The van der Waals surface area contributed by atoms with Crippen molar-refractivity contribution in [1.29, 1.82) is 0 Å². The summed E-state index contributed by atoms with van der Waals surface area (Å²) in [4.78, 5) is 4.99. The second kappa shape index (κ2) is 14.7. The minimum Gasteiger partial charge on any atom is -0.310 e. The number of rotatable bonds is 4. The third kappa shape index (κ3) is 5.68. The monoisotopic (exact) mass is 900 g/mol. The van der Waals surface area contributed by atoms with E-state index in [1.807, 2.05) is 22.7 Å². The molecule has 2 aliphatic rings. The number of anilines is 6. The molecule has 0 aliphatic carbocycles. The Morgan fingerprint density at radius 2 is 0.618 bits per heavy atom. The second-order valence-corrected chi connectivity index (χ2v) is 20.5. The molecule has 68 heavy (non-hydrogen) atoms. The van der Waals surface area contributed by atoms with Crippen molar-refractivity contribution in [1.82, 2.24) is 0 Å². The van der Waals surface area contributed by atoms with Crippen LogP contribution in [-0.2, 0) is 12.8 Å². The molecule has 0 radical (unpaired) electrons. The Hall–Kier alpha value is -8.02. The van der Waals surface area contributed by atoms with E-state index in [0.29, 0.717) is 0 Å². The first-order chi connectivity index (χ1) is 33.7. The Labute approximate surface area is 401 Å². The Morgan fingerprint density at radius 3 is 1.03 bits per heavy atom. The van der Waals surface area contributed by atoms with Crippen LogP contribution in [0.4, 0.5) is 34.1 Å². The van der Waals surface area contributed by atoms with Gasteiger partial charge < -0.3 is 9.80 Å². The highest BCUT2D eigenvalue weighted by Crippen LogP contribution is 2.52. The molecule has 2 aliphatic heterocycles. The first kappa shape index (κ1) is 38.1. The Bertz CT molecular complexity index is 3880. The molecule has 0 saturated carbocycles. The number of fused-ring (bicyclic) bond motifs is 12. The van der Waals surface area contributed by atoms with Gasteiger partial charge in [-0.2, -0.15) is 0 Å². The van der Waals surface area contributed by atoms with Gasteiger partial charge in [0.05, 0.1) is 0 Å². The fraction of sp³-hybridized carbons (Fsp3) is 0.0312. The average Bonchev–Trinajstić information content (AvgIpc) is 3.96. The fourth-order valence-corrected chi connectivity index (χ4v) is 13.8. The van der Waals surface area contributed by atoms with Gasteiger partial charge in [0, 0.05) is 87.3 Å². The van der Waals surface area contributed by atoms with Gasteiger partial charge in [-0.25, -0.2) is 0 Å². The highest BCUT2D eigenvalue weighted by atomic mass is 32.1. The first-order valence-corrected chi connectivity index (χ1v) is 25.1. The van der Waals surface area contributed by atoms with Crippen LogP contribution in [-0.4, -0.2) is 0 Å². The molecule has 0 unspecified atom stereocenters. The van der Waals surface area contributed by atoms with Crippen molar-refractivity contribution >= 4 is 119 Å². The van der Waals surface area contributed by atoms with Crippen LogP contribution in [0.2, 0.25) is 0 Å². The molecule has 0 fully saturated rings. The van der Waals surface area contributed by atoms with E-state index in [4.69, 9.17) is 0 Å². The van der Waals surface area contributed by atoms with Gasteiger partial charge in [0.25, 0.3) is 0 Å². The smallest absolute Gasteiger partial charge is 0.0497 e. The van der Waals surface area contributed by atoms with E-state index >= 15 is 0 Å². The zero-order valence-corrected chi connectivity index (χ0v) is 38.5. The fourth-order valence-electron chi connectivity index (χ4n) is 11.6. The average molecular weight is 901 g/mol. The highest BCUT2D eigenvalue weighted by molar-refractivity contribution is 7.26. The largest absolute Gasteiger partial charge is 0.310 e. The van der Waals surface area contributed by atoms with Gasteiger partial charge in [0.1, 0.15) is 0 Å². The summed E-state index contributed by atoms with van der Waals surface area (Å²) in [5, 5.41) is 10.2. The SMILES string of the molecule is c1ccc2c(c1)Cc1ccccc1N2c1ccc2c(-c3ccc4sc5ccccc5c4c3)c3cc(N4c5ccccc5Cc5ccccc54)ccc3c(-c3ccc4sc5ccccc5c4c3)c2c1. The predicted molar refractivity (Wildman–Crippen MR) is 293 cm³/mol. The van der Waals surface area contributed by atoms with Crippen LogP contribution in [0.15, 0.2) is 218 Å². The number of benzene rings is 11. The zero-order valence-electron chi connectivity index (χ0n) is 36.9. The van der Waals surface area contributed by atoms with Crippen LogP contribution in [0, 0.1) is 0 Å². The Kier molecular flexibility index (Phi) is 8.26. The van der Waals surface area contributed by atoms with E-state index in [1.165, 1.54) is 129 Å². The molecule has 4 heterocycles. The van der Waals surface area contributed by atoms with Crippen LogP contribution < -0.4 is 9.80 Å². The summed E-state index contributed by atoms with van der Waals surface area (Å²) in [6.45, 7) is 0. The number of hydrogen-bond donors (Lipinski definition) is 0. The summed E-state index contributed by atoms with van der Waals surface area (Å²) >= 11 is 3.76. The van der Waals surface area contributed by atoms with Gasteiger partial charge in [0.15, 0.2) is 0 Å². The molecule has 0 N–H and O–H groups in total. The molecule has 2 nitrogen and oxygen atoms in total. The molecule has 13 aromatic rings. The van der Waals surface area contributed by atoms with Crippen LogP contribution in [0.25, 0.3) is 84.1 Å². The van der Waals surface area contributed by atoms with Crippen molar-refractivity contribution in [2.24, 2.45) is 0 Å². The summed E-state index contributed by atoms with van der Waals surface area (Å²) in [5.41, 5.74) is 17.6. The third-order valence-corrected chi connectivity index (χ3v) is 16.9. The second-order valence-electron chi connectivity index (χ2n) is 18.4. The maximum absolute atomic E-state index is 2.49. The van der Waals surface area contributed by atoms with Crippen LogP contribution in [0.3, 0.4) is 0 Å². The maximum Gasteiger partial charge on any atom is 0.0497 e. The molecule has 15 rings (SSSR count). The lowest BCUT2D eigenvalue weighted by atomic mass is 9.84.